The van der Waals surface area contributed by atoms with Gasteiger partial charge in [0, 0.05) is 12.5 Å². The SMILES string of the molecule is CCCCC(=O)Nc1nc2c(OC)cc([N+](=O)[O-])cc2s1. The Morgan fingerprint density at radius 2 is 2.29 bits per heavy atom. The third kappa shape index (κ3) is 3.46. The molecule has 112 valence electrons. The molecule has 0 radical (unpaired) electrons. The number of ether oxygens (including phenoxy) is 1. The number of benzene rings is 1. The lowest BCUT2D eigenvalue weighted by atomic mass is 10.2. The molecule has 0 atom stereocenters. The quantitative estimate of drug-likeness (QED) is 0.652. The van der Waals surface area contributed by atoms with Gasteiger partial charge >= 0.3 is 0 Å². The molecular formula is C13H15N3O4S. The topological polar surface area (TPSA) is 94.4 Å². The highest BCUT2D eigenvalue weighted by atomic mass is 32.1. The van der Waals surface area contributed by atoms with Gasteiger partial charge in [0.05, 0.1) is 22.8 Å². The van der Waals surface area contributed by atoms with E-state index in [1.165, 1.54) is 30.6 Å². The number of nitrogens with one attached hydrogen (secondary N) is 1. The van der Waals surface area contributed by atoms with Crippen LogP contribution in [0.1, 0.15) is 26.2 Å². The highest BCUT2D eigenvalue weighted by Gasteiger charge is 2.17. The molecule has 0 saturated carbocycles. The lowest BCUT2D eigenvalue weighted by Crippen LogP contribution is -2.10. The Hall–Kier alpha value is -2.22. The summed E-state index contributed by atoms with van der Waals surface area (Å²) in [5.41, 5.74) is 0.450. The number of anilines is 1. The Morgan fingerprint density at radius 3 is 2.90 bits per heavy atom. The normalized spacial score (nSPS) is 10.6. The van der Waals surface area contributed by atoms with Crippen LogP contribution in [0.15, 0.2) is 12.1 Å². The van der Waals surface area contributed by atoms with Crippen molar-refractivity contribution in [3.8, 4) is 5.75 Å². The predicted octanol–water partition coefficient (Wildman–Crippen LogP) is 3.34. The van der Waals surface area contributed by atoms with Crippen LogP contribution in [0.25, 0.3) is 10.2 Å². The monoisotopic (exact) mass is 309 g/mol. The molecule has 0 aliphatic carbocycles. The molecule has 0 aliphatic rings. The van der Waals surface area contributed by atoms with Crippen LogP contribution < -0.4 is 10.1 Å². The van der Waals surface area contributed by atoms with Crippen molar-refractivity contribution in [1.82, 2.24) is 4.98 Å². The minimum absolute atomic E-state index is 0.0631. The number of carbonyl (C=O) groups excluding carboxylic acids is 1. The fraction of sp³-hybridized carbons (Fsp3) is 0.385. The number of thiazole rings is 1. The number of carbonyl (C=O) groups is 1. The summed E-state index contributed by atoms with van der Waals surface area (Å²) in [5, 5.41) is 14.0. The fourth-order valence-corrected chi connectivity index (χ4v) is 2.75. The van der Waals surface area contributed by atoms with Gasteiger partial charge in [-0.05, 0) is 6.42 Å². The molecule has 0 fully saturated rings. The molecule has 1 amide bonds. The maximum absolute atomic E-state index is 11.7. The van der Waals surface area contributed by atoms with Crippen molar-refractivity contribution in [1.29, 1.82) is 0 Å². The van der Waals surface area contributed by atoms with E-state index in [2.05, 4.69) is 10.3 Å². The maximum Gasteiger partial charge on any atom is 0.274 e. The van der Waals surface area contributed by atoms with Crippen LogP contribution in [0.4, 0.5) is 10.8 Å². The summed E-state index contributed by atoms with van der Waals surface area (Å²) in [6.07, 6.45) is 2.18. The number of rotatable bonds is 6. The first kappa shape index (κ1) is 15.2. The van der Waals surface area contributed by atoms with Gasteiger partial charge in [-0.15, -0.1) is 0 Å². The van der Waals surface area contributed by atoms with Gasteiger partial charge in [0.2, 0.25) is 5.91 Å². The Balaban J connectivity index is 2.32. The van der Waals surface area contributed by atoms with Crippen LogP contribution in [0.3, 0.4) is 0 Å². The number of nitro benzene ring substituents is 1. The van der Waals surface area contributed by atoms with Gasteiger partial charge in [0.15, 0.2) is 10.9 Å². The number of nitrogens with zero attached hydrogens (tertiary/aromatic N) is 2. The number of hydrogen-bond donors (Lipinski definition) is 1. The van der Waals surface area contributed by atoms with Crippen molar-refractivity contribution >= 4 is 38.3 Å². The Kier molecular flexibility index (Phi) is 4.69. The number of fused-ring (bicyclic) bond motifs is 1. The zero-order chi connectivity index (χ0) is 15.4. The lowest BCUT2D eigenvalue weighted by molar-refractivity contribution is -0.384. The number of nitro groups is 1. The molecule has 1 aromatic carbocycles. The lowest BCUT2D eigenvalue weighted by Gasteiger charge is -2.00. The van der Waals surface area contributed by atoms with Crippen molar-refractivity contribution in [2.45, 2.75) is 26.2 Å². The van der Waals surface area contributed by atoms with E-state index in [9.17, 15) is 14.9 Å². The summed E-state index contributed by atoms with van der Waals surface area (Å²) in [4.78, 5) is 26.4. The van der Waals surface area contributed by atoms with E-state index in [1.807, 2.05) is 6.92 Å². The second-order valence-electron chi connectivity index (χ2n) is 4.42. The van der Waals surface area contributed by atoms with Gasteiger partial charge in [-0.25, -0.2) is 4.98 Å². The van der Waals surface area contributed by atoms with Crippen molar-refractivity contribution in [2.75, 3.05) is 12.4 Å². The average Bonchev–Trinajstić information content (AvgIpc) is 2.85. The fourth-order valence-electron chi connectivity index (χ4n) is 1.82. The second-order valence-corrected chi connectivity index (χ2v) is 5.45. The molecule has 0 spiro atoms. The number of hydrogen-bond acceptors (Lipinski definition) is 6. The highest BCUT2D eigenvalue weighted by Crippen LogP contribution is 2.36. The number of methoxy groups -OCH3 is 1. The summed E-state index contributed by atoms with van der Waals surface area (Å²) in [6, 6.07) is 2.75. The van der Waals surface area contributed by atoms with Gasteiger partial charge in [-0.3, -0.25) is 14.9 Å². The molecule has 1 aromatic heterocycles. The largest absolute Gasteiger partial charge is 0.494 e. The first-order valence-corrected chi connectivity index (χ1v) is 7.29. The molecule has 1 N–H and O–H groups in total. The van der Waals surface area contributed by atoms with Crippen molar-refractivity contribution in [3.05, 3.63) is 22.2 Å². The summed E-state index contributed by atoms with van der Waals surface area (Å²) >= 11 is 1.19. The smallest absolute Gasteiger partial charge is 0.274 e. The first-order chi connectivity index (χ1) is 10.0. The van der Waals surface area contributed by atoms with E-state index in [0.717, 1.165) is 12.8 Å². The molecule has 1 heterocycles. The minimum atomic E-state index is -0.485. The molecule has 8 heteroatoms. The number of unbranched alkanes of at least 4 members (excludes halogenated alkanes) is 1. The number of aromatic nitrogens is 1. The van der Waals surface area contributed by atoms with E-state index in [0.29, 0.717) is 27.5 Å². The number of amides is 1. The molecule has 7 nitrogen and oxygen atoms in total. The standard InChI is InChI=1S/C13H15N3O4S/c1-3-4-5-11(17)14-13-15-12-9(20-2)6-8(16(18)19)7-10(12)21-13/h6-7H,3-5H2,1-2H3,(H,14,15,17). The van der Waals surface area contributed by atoms with Gasteiger partial charge in [0.25, 0.3) is 5.69 Å². The summed E-state index contributed by atoms with van der Waals surface area (Å²) < 4.78 is 5.73. The minimum Gasteiger partial charge on any atom is -0.494 e. The zero-order valence-electron chi connectivity index (χ0n) is 11.7. The molecule has 0 aliphatic heterocycles. The average molecular weight is 309 g/mol. The summed E-state index contributed by atoms with van der Waals surface area (Å²) in [5.74, 6) is 0.217. The van der Waals surface area contributed by atoms with Crippen LogP contribution in [0.2, 0.25) is 0 Å². The molecule has 0 bridgehead atoms. The molecule has 2 aromatic rings. The second kappa shape index (κ2) is 6.49. The zero-order valence-corrected chi connectivity index (χ0v) is 12.5. The highest BCUT2D eigenvalue weighted by molar-refractivity contribution is 7.22. The molecule has 0 saturated heterocycles. The van der Waals surface area contributed by atoms with Crippen molar-refractivity contribution in [2.24, 2.45) is 0 Å². The maximum atomic E-state index is 11.7. The first-order valence-electron chi connectivity index (χ1n) is 6.48. The van der Waals surface area contributed by atoms with Crippen molar-refractivity contribution < 1.29 is 14.5 Å². The van der Waals surface area contributed by atoms with Gasteiger partial charge in [-0.1, -0.05) is 24.7 Å². The van der Waals surface area contributed by atoms with Gasteiger partial charge in [-0.2, -0.15) is 0 Å². The third-order valence-electron chi connectivity index (χ3n) is 2.88. The van der Waals surface area contributed by atoms with Crippen molar-refractivity contribution in [3.63, 3.8) is 0 Å². The molecular weight excluding hydrogens is 294 g/mol. The molecule has 21 heavy (non-hydrogen) atoms. The van der Waals surface area contributed by atoms with Crippen LogP contribution in [0.5, 0.6) is 5.75 Å². The molecule has 0 unspecified atom stereocenters. The van der Waals surface area contributed by atoms with Crippen LogP contribution in [-0.4, -0.2) is 22.9 Å². The van der Waals surface area contributed by atoms with Crippen LogP contribution in [-0.2, 0) is 4.79 Å². The Bertz CT molecular complexity index is 683. The Morgan fingerprint density at radius 1 is 1.52 bits per heavy atom. The predicted molar refractivity (Wildman–Crippen MR) is 81.0 cm³/mol. The van der Waals surface area contributed by atoms with Gasteiger partial charge < -0.3 is 10.1 Å². The van der Waals surface area contributed by atoms with Gasteiger partial charge in [0.1, 0.15) is 5.52 Å². The number of non-ortho nitro benzene ring substituents is 1. The van der Waals surface area contributed by atoms with E-state index in [-0.39, 0.29) is 11.6 Å². The van der Waals surface area contributed by atoms with Crippen LogP contribution in [0, 0.1) is 10.1 Å². The summed E-state index contributed by atoms with van der Waals surface area (Å²) in [7, 11) is 1.43. The third-order valence-corrected chi connectivity index (χ3v) is 3.80. The van der Waals surface area contributed by atoms with E-state index in [1.54, 1.807) is 0 Å². The molecule has 2 rings (SSSR count). The van der Waals surface area contributed by atoms with Crippen LogP contribution >= 0.6 is 11.3 Å². The van der Waals surface area contributed by atoms with E-state index in [4.69, 9.17) is 4.74 Å². The van der Waals surface area contributed by atoms with E-state index >= 15 is 0 Å². The Labute approximate surface area is 125 Å². The van der Waals surface area contributed by atoms with E-state index < -0.39 is 4.92 Å². The summed E-state index contributed by atoms with van der Waals surface area (Å²) in [6.45, 7) is 2.01.